The van der Waals surface area contributed by atoms with E-state index in [1.807, 2.05) is 17.1 Å². The normalized spacial score (nSPS) is 31.7. The zero-order valence-corrected chi connectivity index (χ0v) is 17.0. The second kappa shape index (κ2) is 7.35. The zero-order valence-electron chi connectivity index (χ0n) is 17.0. The van der Waals surface area contributed by atoms with Crippen LogP contribution in [0.25, 0.3) is 0 Å². The molecule has 2 amide bonds. The molecule has 0 aromatic heterocycles. The van der Waals surface area contributed by atoms with E-state index in [2.05, 4.69) is 5.32 Å². The maximum atomic E-state index is 14.6. The molecule has 5 rings (SSSR count). The molecule has 7 nitrogen and oxygen atoms in total. The van der Waals surface area contributed by atoms with Crippen LogP contribution in [0.3, 0.4) is 0 Å². The summed E-state index contributed by atoms with van der Waals surface area (Å²) in [7, 11) is 1.59. The lowest BCUT2D eigenvalue weighted by Crippen LogP contribution is -2.41. The Morgan fingerprint density at radius 1 is 1.37 bits per heavy atom. The van der Waals surface area contributed by atoms with Gasteiger partial charge in [0.25, 0.3) is 0 Å². The van der Waals surface area contributed by atoms with Gasteiger partial charge in [0, 0.05) is 32.4 Å². The minimum Gasteiger partial charge on any atom is -0.383 e. The van der Waals surface area contributed by atoms with Gasteiger partial charge in [-0.15, -0.1) is 0 Å². The minimum absolute atomic E-state index is 0.0883. The molecule has 1 N–H and O–H groups in total. The molecule has 4 aliphatic rings. The first kappa shape index (κ1) is 19.5. The summed E-state index contributed by atoms with van der Waals surface area (Å²) < 4.78 is 25.8. The molecular formula is C22H26FN3O4. The van der Waals surface area contributed by atoms with Crippen LogP contribution in [0, 0.1) is 17.7 Å². The number of rotatable bonds is 6. The van der Waals surface area contributed by atoms with E-state index in [9.17, 15) is 14.0 Å². The number of fused-ring (bicyclic) bond motifs is 1. The Kier molecular flexibility index (Phi) is 4.78. The molecule has 0 unspecified atom stereocenters. The number of ether oxygens (including phenoxy) is 2. The predicted octanol–water partition coefficient (Wildman–Crippen LogP) is 1.79. The summed E-state index contributed by atoms with van der Waals surface area (Å²) >= 11 is 0. The number of likely N-dealkylation sites (tertiary alicyclic amines) is 1. The van der Waals surface area contributed by atoms with Gasteiger partial charge < -0.3 is 24.6 Å². The van der Waals surface area contributed by atoms with E-state index in [4.69, 9.17) is 9.47 Å². The highest BCUT2D eigenvalue weighted by atomic mass is 19.1. The van der Waals surface area contributed by atoms with E-state index in [1.165, 1.54) is 6.07 Å². The average Bonchev–Trinajstić information content (AvgIpc) is 3.49. The third-order valence-corrected chi connectivity index (χ3v) is 6.71. The molecule has 1 aromatic carbocycles. The summed E-state index contributed by atoms with van der Waals surface area (Å²) in [5, 5.41) is 2.81. The summed E-state index contributed by atoms with van der Waals surface area (Å²) in [6, 6.07) is 4.78. The second-order valence-electron chi connectivity index (χ2n) is 8.50. The third-order valence-electron chi connectivity index (χ3n) is 6.71. The van der Waals surface area contributed by atoms with Crippen LogP contribution in [0.1, 0.15) is 12.8 Å². The lowest BCUT2D eigenvalue weighted by atomic mass is 9.77. The maximum Gasteiger partial charge on any atom is 0.231 e. The minimum atomic E-state index is -0.748. The van der Waals surface area contributed by atoms with Crippen LogP contribution < -0.4 is 10.2 Å². The number of methoxy groups -OCH3 is 1. The number of carbonyl (C=O) groups excluding carboxylic acids is 2. The van der Waals surface area contributed by atoms with Gasteiger partial charge in [-0.3, -0.25) is 9.59 Å². The molecule has 4 heterocycles. The van der Waals surface area contributed by atoms with Crippen LogP contribution in [0.15, 0.2) is 30.4 Å². The van der Waals surface area contributed by atoms with Crippen molar-refractivity contribution in [2.75, 3.05) is 50.1 Å². The number of hydrogen-bond donors (Lipinski definition) is 1. The first-order valence-electron chi connectivity index (χ1n) is 10.5. The number of benzene rings is 1. The van der Waals surface area contributed by atoms with Gasteiger partial charge in [-0.05, 0) is 31.0 Å². The predicted molar refractivity (Wildman–Crippen MR) is 109 cm³/mol. The number of amides is 2. The van der Waals surface area contributed by atoms with Gasteiger partial charge in [0.15, 0.2) is 0 Å². The van der Waals surface area contributed by atoms with Gasteiger partial charge in [-0.25, -0.2) is 4.39 Å². The molecule has 0 radical (unpaired) electrons. The van der Waals surface area contributed by atoms with E-state index in [1.54, 1.807) is 24.1 Å². The highest BCUT2D eigenvalue weighted by Gasteiger charge is 2.66. The molecule has 0 aliphatic carbocycles. The molecule has 1 aromatic rings. The number of hydrogen-bond acceptors (Lipinski definition) is 5. The van der Waals surface area contributed by atoms with Crippen molar-refractivity contribution in [2.45, 2.75) is 24.5 Å². The van der Waals surface area contributed by atoms with Crippen molar-refractivity contribution in [2.24, 2.45) is 11.8 Å². The number of anilines is 2. The van der Waals surface area contributed by atoms with Gasteiger partial charge in [-0.2, -0.15) is 0 Å². The van der Waals surface area contributed by atoms with Gasteiger partial charge in [0.1, 0.15) is 11.4 Å². The lowest BCUT2D eigenvalue weighted by molar-refractivity contribution is -0.136. The fraction of sp³-hybridized carbons (Fsp3) is 0.545. The molecule has 8 heteroatoms. The van der Waals surface area contributed by atoms with E-state index in [0.29, 0.717) is 31.1 Å². The van der Waals surface area contributed by atoms with E-state index in [0.717, 1.165) is 25.9 Å². The van der Waals surface area contributed by atoms with Gasteiger partial charge in [0.2, 0.25) is 11.8 Å². The van der Waals surface area contributed by atoms with Crippen LogP contribution in [0.5, 0.6) is 0 Å². The van der Waals surface area contributed by atoms with Crippen molar-refractivity contribution in [1.29, 1.82) is 0 Å². The lowest BCUT2D eigenvalue weighted by Gasteiger charge is -2.24. The molecule has 3 fully saturated rings. The molecule has 2 bridgehead atoms. The van der Waals surface area contributed by atoms with Crippen LogP contribution in [0.4, 0.5) is 15.8 Å². The molecule has 4 aliphatic heterocycles. The molecule has 3 saturated heterocycles. The van der Waals surface area contributed by atoms with Crippen LogP contribution in [-0.4, -0.2) is 68.3 Å². The topological polar surface area (TPSA) is 71.1 Å². The molecule has 160 valence electrons. The van der Waals surface area contributed by atoms with Crippen molar-refractivity contribution < 1.29 is 23.5 Å². The monoisotopic (exact) mass is 415 g/mol. The van der Waals surface area contributed by atoms with E-state index >= 15 is 0 Å². The van der Waals surface area contributed by atoms with Crippen LogP contribution >= 0.6 is 0 Å². The Labute approximate surface area is 174 Å². The standard InChI is InChI=1S/C22H26FN3O4/c1-29-11-10-26-13-22-7-6-17(30-22)18(19(22)21(26)28)20(27)24-14-4-5-16(15(23)12-14)25-8-2-3-9-25/h4-7,12,17-19H,2-3,8-11,13H2,1H3,(H,24,27)/t17-,18-,19+,22-/m1/s1. The highest BCUT2D eigenvalue weighted by Crippen LogP contribution is 2.52. The maximum absolute atomic E-state index is 14.6. The molecule has 0 saturated carbocycles. The average molecular weight is 415 g/mol. The van der Waals surface area contributed by atoms with Crippen LogP contribution in [-0.2, 0) is 19.1 Å². The van der Waals surface area contributed by atoms with Crippen molar-refractivity contribution in [1.82, 2.24) is 4.90 Å². The number of nitrogens with one attached hydrogen (secondary N) is 1. The first-order valence-corrected chi connectivity index (χ1v) is 10.5. The Hall–Kier alpha value is -2.45. The third kappa shape index (κ3) is 3.01. The summed E-state index contributed by atoms with van der Waals surface area (Å²) in [5.41, 5.74) is 0.209. The Morgan fingerprint density at radius 3 is 2.90 bits per heavy atom. The highest BCUT2D eigenvalue weighted by molar-refractivity contribution is 5.99. The molecule has 4 atom stereocenters. The zero-order chi connectivity index (χ0) is 20.9. The fourth-order valence-corrected chi connectivity index (χ4v) is 5.29. The summed E-state index contributed by atoms with van der Waals surface area (Å²) in [4.78, 5) is 29.8. The summed E-state index contributed by atoms with van der Waals surface area (Å²) in [6.07, 6.45) is 5.48. The second-order valence-corrected chi connectivity index (χ2v) is 8.50. The first-order chi connectivity index (χ1) is 14.5. The SMILES string of the molecule is COCCN1C[C@@]23C=C[C@@H](O2)[C@@H](C(=O)Nc2ccc(N4CCCC4)c(F)c2)[C@H]3C1=O. The Morgan fingerprint density at radius 2 is 2.17 bits per heavy atom. The summed E-state index contributed by atoms with van der Waals surface area (Å²) in [5.74, 6) is -1.94. The summed E-state index contributed by atoms with van der Waals surface area (Å²) in [6.45, 7) is 3.02. The van der Waals surface area contributed by atoms with Crippen LogP contribution in [0.2, 0.25) is 0 Å². The van der Waals surface area contributed by atoms with Gasteiger partial charge >= 0.3 is 0 Å². The van der Waals surface area contributed by atoms with Crippen molar-refractivity contribution in [3.63, 3.8) is 0 Å². The molecule has 30 heavy (non-hydrogen) atoms. The largest absolute Gasteiger partial charge is 0.383 e. The van der Waals surface area contributed by atoms with E-state index in [-0.39, 0.29) is 17.6 Å². The number of halogens is 1. The smallest absolute Gasteiger partial charge is 0.231 e. The fourth-order valence-electron chi connectivity index (χ4n) is 5.29. The van der Waals surface area contributed by atoms with Crippen molar-refractivity contribution in [3.05, 3.63) is 36.2 Å². The van der Waals surface area contributed by atoms with Gasteiger partial charge in [0.05, 0.1) is 36.8 Å². The Balaban J connectivity index is 1.32. The molecular weight excluding hydrogens is 389 g/mol. The molecule has 1 spiro atoms. The number of carbonyl (C=O) groups is 2. The van der Waals surface area contributed by atoms with Crippen molar-refractivity contribution in [3.8, 4) is 0 Å². The quantitative estimate of drug-likeness (QED) is 0.718. The Bertz CT molecular complexity index is 900. The van der Waals surface area contributed by atoms with Crippen molar-refractivity contribution >= 4 is 23.2 Å². The number of nitrogens with zero attached hydrogens (tertiary/aromatic N) is 2. The van der Waals surface area contributed by atoms with E-state index < -0.39 is 23.5 Å². The van der Waals surface area contributed by atoms with Gasteiger partial charge in [-0.1, -0.05) is 12.2 Å².